The highest BCUT2D eigenvalue weighted by molar-refractivity contribution is 5.13. The molecule has 0 aromatic heterocycles. The number of hydrogen-bond donors (Lipinski definition) is 2. The topological polar surface area (TPSA) is 83.2 Å². The lowest BCUT2D eigenvalue weighted by molar-refractivity contribution is -0.239. The maximum absolute atomic E-state index is 9.30. The van der Waals surface area contributed by atoms with E-state index in [1.165, 1.54) is 0 Å². The van der Waals surface area contributed by atoms with E-state index in [0.717, 1.165) is 5.56 Å². The van der Waals surface area contributed by atoms with Crippen molar-refractivity contribution in [3.8, 4) is 0 Å². The van der Waals surface area contributed by atoms with Gasteiger partial charge in [0.05, 0.1) is 19.3 Å². The summed E-state index contributed by atoms with van der Waals surface area (Å²) in [5.41, 5.74) is 6.98. The van der Waals surface area contributed by atoms with Crippen molar-refractivity contribution in [3.05, 3.63) is 35.9 Å². The van der Waals surface area contributed by atoms with Crippen LogP contribution in [-0.2, 0) is 25.6 Å². The molecule has 3 rings (SSSR count). The number of fused-ring (bicyclic) bond motifs is 1. The average molecular weight is 309 g/mol. The maximum Gasteiger partial charge on any atom is 0.187 e. The number of ether oxygens (including phenoxy) is 4. The average Bonchev–Trinajstić information content (AvgIpc) is 2.99. The van der Waals surface area contributed by atoms with Gasteiger partial charge in [0.2, 0.25) is 0 Å². The van der Waals surface area contributed by atoms with Crippen LogP contribution in [0.1, 0.15) is 19.4 Å². The van der Waals surface area contributed by atoms with Crippen molar-refractivity contribution in [3.63, 3.8) is 0 Å². The summed E-state index contributed by atoms with van der Waals surface area (Å²) >= 11 is 0. The largest absolute Gasteiger partial charge is 0.395 e. The van der Waals surface area contributed by atoms with Gasteiger partial charge in [-0.1, -0.05) is 30.3 Å². The van der Waals surface area contributed by atoms with Gasteiger partial charge in [0.25, 0.3) is 0 Å². The van der Waals surface area contributed by atoms with Gasteiger partial charge < -0.3 is 29.8 Å². The minimum absolute atomic E-state index is 0.177. The Labute approximate surface area is 130 Å². The second-order valence-corrected chi connectivity index (χ2v) is 6.18. The second kappa shape index (κ2) is 6.23. The fourth-order valence-corrected chi connectivity index (χ4v) is 2.93. The van der Waals surface area contributed by atoms with E-state index < -0.39 is 24.2 Å². The van der Waals surface area contributed by atoms with E-state index in [1.807, 2.05) is 44.2 Å². The molecule has 1 aromatic carbocycles. The Kier molecular flexibility index (Phi) is 4.49. The van der Waals surface area contributed by atoms with E-state index in [1.54, 1.807) is 0 Å². The third-order valence-corrected chi connectivity index (χ3v) is 3.94. The van der Waals surface area contributed by atoms with E-state index in [2.05, 4.69) is 0 Å². The Balaban J connectivity index is 1.69. The molecule has 22 heavy (non-hydrogen) atoms. The number of aliphatic hydroxyl groups excluding tert-OH is 1. The quantitative estimate of drug-likeness (QED) is 0.836. The van der Waals surface area contributed by atoms with Crippen LogP contribution >= 0.6 is 0 Å². The summed E-state index contributed by atoms with van der Waals surface area (Å²) in [7, 11) is 0. The third-order valence-electron chi connectivity index (χ3n) is 3.94. The first kappa shape index (κ1) is 15.9. The fourth-order valence-electron chi connectivity index (χ4n) is 2.93. The van der Waals surface area contributed by atoms with Crippen LogP contribution in [0.2, 0.25) is 0 Å². The van der Waals surface area contributed by atoms with Gasteiger partial charge in [-0.2, -0.15) is 0 Å². The number of aliphatic hydroxyl groups is 1. The molecule has 6 nitrogen and oxygen atoms in total. The van der Waals surface area contributed by atoms with Crippen molar-refractivity contribution in [2.75, 3.05) is 6.61 Å². The van der Waals surface area contributed by atoms with Crippen LogP contribution < -0.4 is 5.73 Å². The van der Waals surface area contributed by atoms with E-state index in [9.17, 15) is 5.11 Å². The van der Waals surface area contributed by atoms with Crippen LogP contribution in [0.25, 0.3) is 0 Å². The van der Waals surface area contributed by atoms with Crippen molar-refractivity contribution in [2.24, 2.45) is 5.73 Å². The van der Waals surface area contributed by atoms with Crippen LogP contribution in [0.3, 0.4) is 0 Å². The van der Waals surface area contributed by atoms with E-state index in [0.29, 0.717) is 6.61 Å². The highest BCUT2D eigenvalue weighted by Gasteiger charge is 2.57. The predicted molar refractivity (Wildman–Crippen MR) is 78.8 cm³/mol. The summed E-state index contributed by atoms with van der Waals surface area (Å²) in [6.07, 6.45) is -1.69. The highest BCUT2D eigenvalue weighted by Crippen LogP contribution is 2.40. The molecule has 0 saturated carbocycles. The molecule has 3 N–H and O–H groups in total. The predicted octanol–water partition coefficient (Wildman–Crippen LogP) is 0.768. The number of nitrogens with two attached hydrogens (primary N) is 1. The SMILES string of the molecule is CC1(C)O[C@H]2[C@H]([C@H](N)CO)O[C@H](OCc3ccccc3)[C@@H]2O1. The van der Waals surface area contributed by atoms with E-state index in [-0.39, 0.29) is 18.8 Å². The molecule has 6 heteroatoms. The van der Waals surface area contributed by atoms with Crippen LogP contribution in [0.5, 0.6) is 0 Å². The van der Waals surface area contributed by atoms with E-state index in [4.69, 9.17) is 24.7 Å². The number of benzene rings is 1. The summed E-state index contributed by atoms with van der Waals surface area (Å²) in [5, 5.41) is 9.30. The molecule has 0 spiro atoms. The van der Waals surface area contributed by atoms with Crippen LogP contribution in [-0.4, -0.2) is 48.1 Å². The number of rotatable bonds is 5. The van der Waals surface area contributed by atoms with Crippen molar-refractivity contribution in [1.82, 2.24) is 0 Å². The second-order valence-electron chi connectivity index (χ2n) is 6.18. The lowest BCUT2D eigenvalue weighted by Crippen LogP contribution is -2.45. The van der Waals surface area contributed by atoms with Crippen LogP contribution in [0.4, 0.5) is 0 Å². The first-order chi connectivity index (χ1) is 10.5. The monoisotopic (exact) mass is 309 g/mol. The number of hydrogen-bond acceptors (Lipinski definition) is 6. The molecule has 0 amide bonds. The Hall–Kier alpha value is -1.02. The molecule has 0 unspecified atom stereocenters. The zero-order chi connectivity index (χ0) is 15.7. The van der Waals surface area contributed by atoms with Crippen molar-refractivity contribution < 1.29 is 24.1 Å². The molecule has 0 aliphatic carbocycles. The van der Waals surface area contributed by atoms with Gasteiger partial charge in [-0.25, -0.2) is 0 Å². The summed E-state index contributed by atoms with van der Waals surface area (Å²) in [5.74, 6) is -0.707. The molecule has 5 atom stereocenters. The molecular weight excluding hydrogens is 286 g/mol. The minimum atomic E-state index is -0.707. The van der Waals surface area contributed by atoms with Gasteiger partial charge >= 0.3 is 0 Å². The molecule has 0 bridgehead atoms. The normalized spacial score (nSPS) is 34.5. The summed E-state index contributed by atoms with van der Waals surface area (Å²) in [4.78, 5) is 0. The smallest absolute Gasteiger partial charge is 0.187 e. The Morgan fingerprint density at radius 3 is 2.59 bits per heavy atom. The molecule has 2 saturated heterocycles. The highest BCUT2D eigenvalue weighted by atomic mass is 16.8. The van der Waals surface area contributed by atoms with Gasteiger partial charge in [-0.3, -0.25) is 0 Å². The zero-order valence-corrected chi connectivity index (χ0v) is 12.8. The van der Waals surface area contributed by atoms with Crippen LogP contribution in [0.15, 0.2) is 30.3 Å². The van der Waals surface area contributed by atoms with Crippen molar-refractivity contribution in [2.45, 2.75) is 56.9 Å². The molecule has 2 aliphatic rings. The summed E-state index contributed by atoms with van der Waals surface area (Å²) < 4.78 is 23.5. The van der Waals surface area contributed by atoms with Crippen molar-refractivity contribution in [1.29, 1.82) is 0 Å². The molecule has 2 fully saturated rings. The Morgan fingerprint density at radius 1 is 1.23 bits per heavy atom. The van der Waals surface area contributed by atoms with Gasteiger partial charge in [0, 0.05) is 0 Å². The van der Waals surface area contributed by atoms with Gasteiger partial charge in [0.15, 0.2) is 12.1 Å². The molecule has 2 aliphatic heterocycles. The lowest BCUT2D eigenvalue weighted by Gasteiger charge is -2.26. The molecule has 0 radical (unpaired) electrons. The molecule has 1 aromatic rings. The molecule has 2 heterocycles. The van der Waals surface area contributed by atoms with Crippen LogP contribution in [0, 0.1) is 0 Å². The van der Waals surface area contributed by atoms with Gasteiger partial charge in [0.1, 0.15) is 18.3 Å². The standard InChI is InChI=1S/C16H23NO5/c1-16(2)21-13-12(11(17)8-18)20-15(14(13)22-16)19-9-10-6-4-3-5-7-10/h3-7,11-15,18H,8-9,17H2,1-2H3/t11-,12+,13+,14-,15+/m1/s1. The first-order valence-corrected chi connectivity index (χ1v) is 7.53. The third kappa shape index (κ3) is 3.17. The zero-order valence-electron chi connectivity index (χ0n) is 12.8. The Morgan fingerprint density at radius 2 is 1.91 bits per heavy atom. The summed E-state index contributed by atoms with van der Waals surface area (Å²) in [6.45, 7) is 3.94. The van der Waals surface area contributed by atoms with Gasteiger partial charge in [-0.15, -0.1) is 0 Å². The fraction of sp³-hybridized carbons (Fsp3) is 0.625. The van der Waals surface area contributed by atoms with E-state index >= 15 is 0 Å². The minimum Gasteiger partial charge on any atom is -0.395 e. The first-order valence-electron chi connectivity index (χ1n) is 7.53. The maximum atomic E-state index is 9.30. The molecular formula is C16H23NO5. The van der Waals surface area contributed by atoms with Crippen molar-refractivity contribution >= 4 is 0 Å². The Bertz CT molecular complexity index is 495. The molecule has 122 valence electrons. The summed E-state index contributed by atoms with van der Waals surface area (Å²) in [6, 6.07) is 9.31. The van der Waals surface area contributed by atoms with Gasteiger partial charge in [-0.05, 0) is 19.4 Å². The lowest BCUT2D eigenvalue weighted by atomic mass is 10.1.